The number of nitro groups is 1. The molecule has 28 heavy (non-hydrogen) atoms. The van der Waals surface area contributed by atoms with Crippen LogP contribution in [0, 0.1) is 66.3 Å². The van der Waals surface area contributed by atoms with Crippen LogP contribution in [0.3, 0.4) is 0 Å². The molecule has 2 bridgehead atoms. The Morgan fingerprint density at radius 2 is 1.96 bits per heavy atom. The number of halogens is 1. The molecule has 4 unspecified atom stereocenters. The Morgan fingerprint density at radius 1 is 1.32 bits per heavy atom. The summed E-state index contributed by atoms with van der Waals surface area (Å²) in [4.78, 5) is 10.6. The zero-order valence-electron chi connectivity index (χ0n) is 14.9. The van der Waals surface area contributed by atoms with Crippen LogP contribution in [-0.2, 0) is 9.47 Å². The molecule has 0 amide bonds. The van der Waals surface area contributed by atoms with E-state index in [2.05, 4.69) is 0 Å². The van der Waals surface area contributed by atoms with Crippen LogP contribution >= 0.6 is 11.6 Å². The Kier molecular flexibility index (Phi) is 4.31. The Labute approximate surface area is 165 Å². The predicted octanol–water partition coefficient (Wildman–Crippen LogP) is 3.61. The highest BCUT2D eigenvalue weighted by molar-refractivity contribution is 6.32. The minimum Gasteiger partial charge on any atom is -0.448 e. The zero-order valence-corrected chi connectivity index (χ0v) is 15.6. The first-order valence-electron chi connectivity index (χ1n) is 8.30. The molecule has 0 aromatic heterocycles. The molecule has 0 saturated carbocycles. The number of rotatable bonds is 3. The van der Waals surface area contributed by atoms with Crippen molar-refractivity contribution in [1.82, 2.24) is 0 Å². The zero-order chi connectivity index (χ0) is 20.9. The van der Waals surface area contributed by atoms with E-state index in [0.29, 0.717) is 6.42 Å². The van der Waals surface area contributed by atoms with Crippen molar-refractivity contribution in [3.63, 3.8) is 0 Å². The van der Waals surface area contributed by atoms with E-state index in [-0.39, 0.29) is 10.6 Å². The first-order valence-corrected chi connectivity index (χ1v) is 8.68. The minimum atomic E-state index is -2.16. The van der Waals surface area contributed by atoms with Gasteiger partial charge in [-0.25, -0.2) is 0 Å². The van der Waals surface area contributed by atoms with Gasteiger partial charge in [0.2, 0.25) is 17.1 Å². The fourth-order valence-corrected chi connectivity index (χ4v) is 4.54. The molecular formula is C18H14ClN5O4. The summed E-state index contributed by atoms with van der Waals surface area (Å²) >= 11 is 5.87. The summed E-state index contributed by atoms with van der Waals surface area (Å²) < 4.78 is 11.6. The van der Waals surface area contributed by atoms with E-state index in [1.807, 2.05) is 18.2 Å². The first-order chi connectivity index (χ1) is 13.2. The standard InChI is InChI=1S/C18H14ClN5O4/c1-3-13-16(2)27-14(10-4-5-11(19)12(6-10)24(25)26)17(7-20,8-21)18(13,9-22)15(23)28-16/h4-6,13-14,23H,3H2,1-2H3. The summed E-state index contributed by atoms with van der Waals surface area (Å²) in [6, 6.07) is 9.52. The molecule has 2 saturated heterocycles. The fraction of sp³-hybridized carbons (Fsp3) is 0.444. The minimum absolute atomic E-state index is 0.122. The molecule has 1 aromatic carbocycles. The highest BCUT2D eigenvalue weighted by Gasteiger charge is 2.78. The third kappa shape index (κ3) is 2.10. The van der Waals surface area contributed by atoms with Crippen molar-refractivity contribution in [2.24, 2.45) is 16.7 Å². The van der Waals surface area contributed by atoms with Crippen molar-refractivity contribution < 1.29 is 14.4 Å². The highest BCUT2D eigenvalue weighted by atomic mass is 35.5. The average molecular weight is 400 g/mol. The predicted molar refractivity (Wildman–Crippen MR) is 94.6 cm³/mol. The van der Waals surface area contributed by atoms with Crippen LogP contribution in [0.1, 0.15) is 31.9 Å². The van der Waals surface area contributed by atoms with Gasteiger partial charge >= 0.3 is 0 Å². The molecule has 0 aliphatic carbocycles. The SMILES string of the molecule is CCC1C2(C)OC(=N)C1(C#N)C(C#N)(C#N)C(c1ccc(Cl)c([N+](=O)[O-])c1)O2. The van der Waals surface area contributed by atoms with Crippen molar-refractivity contribution in [3.05, 3.63) is 38.9 Å². The molecule has 1 aromatic rings. The number of nitriles is 3. The summed E-state index contributed by atoms with van der Waals surface area (Å²) in [5.41, 5.74) is -4.35. The van der Waals surface area contributed by atoms with E-state index in [4.69, 9.17) is 26.5 Å². The van der Waals surface area contributed by atoms with Crippen LogP contribution < -0.4 is 0 Å². The van der Waals surface area contributed by atoms with Crippen LogP contribution in [-0.4, -0.2) is 16.6 Å². The second kappa shape index (κ2) is 6.17. The Hall–Kier alpha value is -3.19. The number of ether oxygens (including phenoxy) is 2. The molecule has 2 fully saturated rings. The lowest BCUT2D eigenvalue weighted by molar-refractivity contribution is -0.384. The third-order valence-electron chi connectivity index (χ3n) is 5.59. The van der Waals surface area contributed by atoms with Crippen molar-refractivity contribution in [1.29, 1.82) is 21.2 Å². The molecule has 3 rings (SSSR count). The molecule has 0 radical (unpaired) electrons. The van der Waals surface area contributed by atoms with E-state index in [1.165, 1.54) is 19.1 Å². The number of nitrogens with zero attached hydrogens (tertiary/aromatic N) is 4. The molecule has 4 atom stereocenters. The highest BCUT2D eigenvalue weighted by Crippen LogP contribution is 2.67. The van der Waals surface area contributed by atoms with Gasteiger partial charge in [-0.15, -0.1) is 0 Å². The van der Waals surface area contributed by atoms with Crippen LogP contribution in [0.4, 0.5) is 5.69 Å². The average Bonchev–Trinajstić information content (AvgIpc) is 2.84. The Balaban J connectivity index is 2.34. The Bertz CT molecular complexity index is 1010. The van der Waals surface area contributed by atoms with Gasteiger partial charge in [0.05, 0.1) is 29.0 Å². The van der Waals surface area contributed by atoms with Crippen molar-refractivity contribution >= 4 is 23.2 Å². The maximum absolute atomic E-state index is 11.3. The maximum Gasteiger partial charge on any atom is 0.288 e. The molecule has 0 spiro atoms. The van der Waals surface area contributed by atoms with E-state index in [1.54, 1.807) is 6.92 Å². The van der Waals surface area contributed by atoms with Gasteiger partial charge in [-0.2, -0.15) is 15.8 Å². The molecule has 142 valence electrons. The lowest BCUT2D eigenvalue weighted by Crippen LogP contribution is -2.58. The van der Waals surface area contributed by atoms with Gasteiger partial charge in [0.1, 0.15) is 11.1 Å². The molecular weight excluding hydrogens is 386 g/mol. The van der Waals surface area contributed by atoms with Crippen molar-refractivity contribution in [2.45, 2.75) is 32.2 Å². The van der Waals surface area contributed by atoms with Crippen molar-refractivity contribution in [3.8, 4) is 18.2 Å². The number of nitrogens with one attached hydrogen (secondary N) is 1. The van der Waals surface area contributed by atoms with E-state index in [9.17, 15) is 25.9 Å². The summed E-state index contributed by atoms with van der Waals surface area (Å²) in [5, 5.41) is 49.5. The molecule has 9 nitrogen and oxygen atoms in total. The Morgan fingerprint density at radius 3 is 2.46 bits per heavy atom. The normalized spacial score (nSPS) is 32.5. The molecule has 2 aliphatic heterocycles. The smallest absolute Gasteiger partial charge is 0.288 e. The number of fused-ring (bicyclic) bond motifs is 2. The van der Waals surface area contributed by atoms with Crippen LogP contribution in [0.25, 0.3) is 0 Å². The van der Waals surface area contributed by atoms with Crippen molar-refractivity contribution in [2.75, 3.05) is 0 Å². The van der Waals surface area contributed by atoms with Crippen LogP contribution in [0.15, 0.2) is 18.2 Å². The van der Waals surface area contributed by atoms with Gasteiger partial charge in [-0.05, 0) is 18.1 Å². The largest absolute Gasteiger partial charge is 0.448 e. The van der Waals surface area contributed by atoms with Gasteiger partial charge in [0, 0.05) is 13.0 Å². The fourth-order valence-electron chi connectivity index (χ4n) is 4.36. The van der Waals surface area contributed by atoms with E-state index in [0.717, 1.165) is 6.07 Å². The first kappa shape index (κ1) is 19.6. The second-order valence-electron chi connectivity index (χ2n) is 6.83. The van der Waals surface area contributed by atoms with Crippen LogP contribution in [0.2, 0.25) is 5.02 Å². The lowest BCUT2D eigenvalue weighted by atomic mass is 9.53. The van der Waals surface area contributed by atoms with Gasteiger partial charge < -0.3 is 9.47 Å². The molecule has 2 aliphatic rings. The van der Waals surface area contributed by atoms with Gasteiger partial charge in [0.15, 0.2) is 5.41 Å². The number of benzene rings is 1. The summed E-state index contributed by atoms with van der Waals surface area (Å²) in [6.45, 7) is 3.28. The second-order valence-corrected chi connectivity index (χ2v) is 7.23. The summed E-state index contributed by atoms with van der Waals surface area (Å²) in [7, 11) is 0. The summed E-state index contributed by atoms with van der Waals surface area (Å²) in [5.74, 6) is -2.72. The lowest BCUT2D eigenvalue weighted by Gasteiger charge is -2.48. The van der Waals surface area contributed by atoms with E-state index < -0.39 is 45.1 Å². The maximum atomic E-state index is 11.3. The molecule has 10 heteroatoms. The summed E-state index contributed by atoms with van der Waals surface area (Å²) in [6.07, 6.45) is -1.06. The van der Waals surface area contributed by atoms with E-state index >= 15 is 0 Å². The topological polar surface area (TPSA) is 157 Å². The van der Waals surface area contributed by atoms with Crippen LogP contribution in [0.5, 0.6) is 0 Å². The quantitative estimate of drug-likeness (QED) is 0.600. The molecule has 1 N–H and O–H groups in total. The van der Waals surface area contributed by atoms with Gasteiger partial charge in [-0.1, -0.05) is 24.6 Å². The number of nitro benzene ring substituents is 1. The third-order valence-corrected chi connectivity index (χ3v) is 5.91. The number of hydrogen-bond acceptors (Lipinski definition) is 8. The monoisotopic (exact) mass is 399 g/mol. The van der Waals surface area contributed by atoms with Gasteiger partial charge in [-0.3, -0.25) is 15.5 Å². The number of hydrogen-bond donors (Lipinski definition) is 1. The molecule has 2 heterocycles. The van der Waals surface area contributed by atoms with Gasteiger partial charge in [0.25, 0.3) is 5.69 Å².